The molecule has 26 heavy (non-hydrogen) atoms. The second kappa shape index (κ2) is 7.53. The van der Waals surface area contributed by atoms with Crippen molar-refractivity contribution < 1.29 is 9.72 Å². The van der Waals surface area contributed by atoms with Crippen LogP contribution < -0.4 is 0 Å². The average molecular weight is 408 g/mol. The van der Waals surface area contributed by atoms with Crippen LogP contribution in [0.2, 0.25) is 5.02 Å². The standard InChI is InChI=1S/C17H14ClN3O3S2/c1-10-15(26-16(19-10)14-4-3-7-25-14)17(22)20(2)9-11-8-12(21(23)24)5-6-13(11)18/h3-8H,9H2,1-2H3. The summed E-state index contributed by atoms with van der Waals surface area (Å²) in [5.41, 5.74) is 1.14. The SMILES string of the molecule is Cc1nc(-c2cccs2)sc1C(=O)N(C)Cc1cc([N+](=O)[O-])ccc1Cl. The summed E-state index contributed by atoms with van der Waals surface area (Å²) >= 11 is 9.04. The van der Waals surface area contributed by atoms with E-state index in [1.807, 2.05) is 17.5 Å². The molecule has 0 bridgehead atoms. The Morgan fingerprint density at radius 3 is 2.81 bits per heavy atom. The summed E-state index contributed by atoms with van der Waals surface area (Å²) in [6.07, 6.45) is 0. The van der Waals surface area contributed by atoms with Gasteiger partial charge in [0.2, 0.25) is 0 Å². The number of thiazole rings is 1. The van der Waals surface area contributed by atoms with Crippen molar-refractivity contribution >= 4 is 45.9 Å². The predicted molar refractivity (Wildman–Crippen MR) is 104 cm³/mol. The number of nitrogens with zero attached hydrogens (tertiary/aromatic N) is 3. The Bertz CT molecular complexity index is 970. The van der Waals surface area contributed by atoms with Crippen LogP contribution in [-0.2, 0) is 6.54 Å². The van der Waals surface area contributed by atoms with Gasteiger partial charge in [0.05, 0.1) is 15.5 Å². The molecule has 0 unspecified atom stereocenters. The Morgan fingerprint density at radius 1 is 1.38 bits per heavy atom. The summed E-state index contributed by atoms with van der Waals surface area (Å²) in [6, 6.07) is 8.11. The average Bonchev–Trinajstić information content (AvgIpc) is 3.25. The highest BCUT2D eigenvalue weighted by atomic mass is 35.5. The van der Waals surface area contributed by atoms with E-state index in [0.29, 0.717) is 21.2 Å². The Balaban J connectivity index is 1.83. The number of aromatic nitrogens is 1. The lowest BCUT2D eigenvalue weighted by atomic mass is 10.2. The van der Waals surface area contributed by atoms with Crippen molar-refractivity contribution in [1.29, 1.82) is 0 Å². The zero-order chi connectivity index (χ0) is 18.8. The number of nitro benzene ring substituents is 1. The quantitative estimate of drug-likeness (QED) is 0.439. The molecule has 0 aliphatic heterocycles. The zero-order valence-electron chi connectivity index (χ0n) is 13.9. The number of nitro groups is 1. The van der Waals surface area contributed by atoms with Crippen molar-refractivity contribution in [3.8, 4) is 9.88 Å². The monoisotopic (exact) mass is 407 g/mol. The van der Waals surface area contributed by atoms with Crippen molar-refractivity contribution in [2.75, 3.05) is 7.05 Å². The van der Waals surface area contributed by atoms with Crippen molar-refractivity contribution in [3.05, 3.63) is 67.0 Å². The van der Waals surface area contributed by atoms with Gasteiger partial charge in [0.15, 0.2) is 0 Å². The Hall–Kier alpha value is -2.29. The second-order valence-electron chi connectivity index (χ2n) is 5.60. The summed E-state index contributed by atoms with van der Waals surface area (Å²) in [7, 11) is 1.64. The van der Waals surface area contributed by atoms with Crippen LogP contribution in [0, 0.1) is 17.0 Å². The summed E-state index contributed by atoms with van der Waals surface area (Å²) in [5.74, 6) is -0.189. The molecule has 0 saturated carbocycles. The first-order valence-electron chi connectivity index (χ1n) is 7.56. The topological polar surface area (TPSA) is 76.3 Å². The van der Waals surface area contributed by atoms with Gasteiger partial charge in [-0.1, -0.05) is 17.7 Å². The first-order valence-corrected chi connectivity index (χ1v) is 9.64. The van der Waals surface area contributed by atoms with E-state index in [4.69, 9.17) is 11.6 Å². The molecule has 6 nitrogen and oxygen atoms in total. The molecule has 0 atom stereocenters. The summed E-state index contributed by atoms with van der Waals surface area (Å²) in [5, 5.41) is 14.1. The molecule has 3 rings (SSSR count). The smallest absolute Gasteiger partial charge is 0.269 e. The second-order valence-corrected chi connectivity index (χ2v) is 7.96. The normalized spacial score (nSPS) is 10.7. The number of hydrogen-bond donors (Lipinski definition) is 0. The van der Waals surface area contributed by atoms with Crippen molar-refractivity contribution in [2.45, 2.75) is 13.5 Å². The number of rotatable bonds is 5. The minimum Gasteiger partial charge on any atom is -0.337 e. The van der Waals surface area contributed by atoms with Crippen LogP contribution in [0.25, 0.3) is 9.88 Å². The van der Waals surface area contributed by atoms with Crippen LogP contribution in [0.3, 0.4) is 0 Å². The Labute approximate surface area is 162 Å². The van der Waals surface area contributed by atoms with Gasteiger partial charge in [-0.2, -0.15) is 0 Å². The first kappa shape index (κ1) is 18.5. The molecule has 0 fully saturated rings. The number of aryl methyl sites for hydroxylation is 1. The zero-order valence-corrected chi connectivity index (χ0v) is 16.3. The van der Waals surface area contributed by atoms with E-state index in [2.05, 4.69) is 4.98 Å². The molecule has 2 heterocycles. The third kappa shape index (κ3) is 3.77. The van der Waals surface area contributed by atoms with Crippen LogP contribution >= 0.6 is 34.3 Å². The fourth-order valence-electron chi connectivity index (χ4n) is 2.40. The molecule has 0 saturated heterocycles. The molecule has 134 valence electrons. The Kier molecular flexibility index (Phi) is 5.36. The number of carbonyl (C=O) groups excluding carboxylic acids is 1. The van der Waals surface area contributed by atoms with E-state index in [0.717, 1.165) is 9.88 Å². The third-order valence-electron chi connectivity index (χ3n) is 3.72. The highest BCUT2D eigenvalue weighted by Crippen LogP contribution is 2.32. The summed E-state index contributed by atoms with van der Waals surface area (Å²) in [6.45, 7) is 1.97. The number of hydrogen-bond acceptors (Lipinski definition) is 6. The van der Waals surface area contributed by atoms with Gasteiger partial charge in [-0.05, 0) is 30.0 Å². The minimum absolute atomic E-state index is 0.0563. The first-order chi connectivity index (χ1) is 12.4. The molecule has 2 aromatic heterocycles. The van der Waals surface area contributed by atoms with E-state index in [-0.39, 0.29) is 18.1 Å². The van der Waals surface area contributed by atoms with Gasteiger partial charge in [0.1, 0.15) is 9.88 Å². The van der Waals surface area contributed by atoms with Gasteiger partial charge in [0.25, 0.3) is 11.6 Å². The molecule has 1 aromatic carbocycles. The maximum atomic E-state index is 12.8. The summed E-state index contributed by atoms with van der Waals surface area (Å²) < 4.78 is 0. The number of benzene rings is 1. The lowest BCUT2D eigenvalue weighted by molar-refractivity contribution is -0.384. The van der Waals surface area contributed by atoms with E-state index < -0.39 is 4.92 Å². The van der Waals surface area contributed by atoms with Crippen LogP contribution in [0.15, 0.2) is 35.7 Å². The number of non-ortho nitro benzene ring substituents is 1. The minimum atomic E-state index is -0.484. The largest absolute Gasteiger partial charge is 0.337 e. The van der Waals surface area contributed by atoms with E-state index in [1.54, 1.807) is 25.3 Å². The summed E-state index contributed by atoms with van der Waals surface area (Å²) in [4.78, 5) is 30.8. The highest BCUT2D eigenvalue weighted by molar-refractivity contribution is 7.22. The van der Waals surface area contributed by atoms with E-state index in [1.165, 1.54) is 34.4 Å². The van der Waals surface area contributed by atoms with Crippen LogP contribution in [0.1, 0.15) is 20.9 Å². The molecule has 0 aliphatic carbocycles. The lowest BCUT2D eigenvalue weighted by Crippen LogP contribution is -2.26. The van der Waals surface area contributed by atoms with E-state index in [9.17, 15) is 14.9 Å². The van der Waals surface area contributed by atoms with Gasteiger partial charge >= 0.3 is 0 Å². The van der Waals surface area contributed by atoms with Gasteiger partial charge < -0.3 is 4.90 Å². The van der Waals surface area contributed by atoms with Crippen molar-refractivity contribution in [1.82, 2.24) is 9.88 Å². The van der Waals surface area contributed by atoms with Gasteiger partial charge in [-0.25, -0.2) is 4.98 Å². The Morgan fingerprint density at radius 2 is 2.15 bits per heavy atom. The molecule has 0 spiro atoms. The molecular formula is C17H14ClN3O3S2. The van der Waals surface area contributed by atoms with Crippen molar-refractivity contribution in [3.63, 3.8) is 0 Å². The molecule has 1 amide bonds. The maximum Gasteiger partial charge on any atom is 0.269 e. The lowest BCUT2D eigenvalue weighted by Gasteiger charge is -2.17. The van der Waals surface area contributed by atoms with Crippen molar-refractivity contribution in [2.24, 2.45) is 0 Å². The molecular weight excluding hydrogens is 394 g/mol. The fourth-order valence-corrected chi connectivity index (χ4v) is 4.43. The number of carbonyl (C=O) groups is 1. The van der Waals surface area contributed by atoms with Gasteiger partial charge in [0, 0.05) is 30.7 Å². The molecule has 0 radical (unpaired) electrons. The van der Waals surface area contributed by atoms with Gasteiger partial charge in [-0.15, -0.1) is 22.7 Å². The van der Waals surface area contributed by atoms with Crippen LogP contribution in [0.4, 0.5) is 5.69 Å². The van der Waals surface area contributed by atoms with Crippen LogP contribution in [0.5, 0.6) is 0 Å². The predicted octanol–water partition coefficient (Wildman–Crippen LogP) is 5.01. The number of amides is 1. The molecule has 0 aliphatic rings. The maximum absolute atomic E-state index is 12.8. The van der Waals surface area contributed by atoms with Gasteiger partial charge in [-0.3, -0.25) is 14.9 Å². The third-order valence-corrected chi connectivity index (χ3v) is 6.27. The molecule has 3 aromatic rings. The molecule has 0 N–H and O–H groups in total. The fraction of sp³-hybridized carbons (Fsp3) is 0.176. The van der Waals surface area contributed by atoms with Crippen LogP contribution in [-0.4, -0.2) is 27.8 Å². The van der Waals surface area contributed by atoms with E-state index >= 15 is 0 Å². The number of halogens is 1. The molecule has 9 heteroatoms. The highest BCUT2D eigenvalue weighted by Gasteiger charge is 2.21. The number of thiophene rings is 1.